The Morgan fingerprint density at radius 2 is 2.10 bits per heavy atom. The SMILES string of the molecule is O=C(NCc1nnc2n1CCCCC2)c1ccc(Cl)c(S(=O)(=O)NCC2CCCO2)c1. The predicted octanol–water partition coefficient (Wildman–Crippen LogP) is 2.05. The number of aromatic nitrogens is 3. The molecule has 0 bridgehead atoms. The van der Waals surface area contributed by atoms with Crippen LogP contribution in [-0.2, 0) is 34.3 Å². The van der Waals surface area contributed by atoms with Gasteiger partial charge in [0.15, 0.2) is 5.82 Å². The van der Waals surface area contributed by atoms with Gasteiger partial charge < -0.3 is 14.6 Å². The summed E-state index contributed by atoms with van der Waals surface area (Å²) < 4.78 is 35.5. The molecular formula is C20H26ClN5O4S. The second kappa shape index (κ2) is 9.64. The smallest absolute Gasteiger partial charge is 0.251 e. The molecule has 1 unspecified atom stereocenters. The number of nitrogens with one attached hydrogen (secondary N) is 2. The van der Waals surface area contributed by atoms with Crippen molar-refractivity contribution in [1.82, 2.24) is 24.8 Å². The van der Waals surface area contributed by atoms with Gasteiger partial charge >= 0.3 is 0 Å². The fourth-order valence-electron chi connectivity index (χ4n) is 3.87. The van der Waals surface area contributed by atoms with Crippen molar-refractivity contribution in [1.29, 1.82) is 0 Å². The number of carbonyl (C=O) groups is 1. The van der Waals surface area contributed by atoms with Crippen molar-refractivity contribution in [3.63, 3.8) is 0 Å². The van der Waals surface area contributed by atoms with Crippen molar-refractivity contribution in [2.24, 2.45) is 0 Å². The molecule has 2 aromatic rings. The van der Waals surface area contributed by atoms with Crippen molar-refractivity contribution < 1.29 is 17.9 Å². The van der Waals surface area contributed by atoms with Gasteiger partial charge in [-0.1, -0.05) is 18.0 Å². The number of benzene rings is 1. The van der Waals surface area contributed by atoms with Crippen LogP contribution in [0.15, 0.2) is 23.1 Å². The van der Waals surface area contributed by atoms with Gasteiger partial charge in [0.05, 0.1) is 17.7 Å². The molecule has 2 aliphatic heterocycles. The Bertz CT molecular complexity index is 1050. The number of sulfonamides is 1. The molecule has 1 saturated heterocycles. The average Bonchev–Trinajstić information content (AvgIpc) is 3.35. The van der Waals surface area contributed by atoms with E-state index in [4.69, 9.17) is 16.3 Å². The largest absolute Gasteiger partial charge is 0.377 e. The highest BCUT2D eigenvalue weighted by Crippen LogP contribution is 2.23. The summed E-state index contributed by atoms with van der Waals surface area (Å²) in [6, 6.07) is 4.21. The molecule has 31 heavy (non-hydrogen) atoms. The third kappa shape index (κ3) is 5.25. The van der Waals surface area contributed by atoms with E-state index in [1.165, 1.54) is 18.2 Å². The molecule has 9 nitrogen and oxygen atoms in total. The van der Waals surface area contributed by atoms with Gasteiger partial charge in [-0.25, -0.2) is 13.1 Å². The van der Waals surface area contributed by atoms with Crippen LogP contribution in [0, 0.1) is 0 Å². The Morgan fingerprint density at radius 1 is 1.23 bits per heavy atom. The third-order valence-corrected chi connectivity index (χ3v) is 7.51. The lowest BCUT2D eigenvalue weighted by molar-refractivity contribution is 0.0949. The molecule has 1 fully saturated rings. The first kappa shape index (κ1) is 22.2. The molecule has 168 valence electrons. The summed E-state index contributed by atoms with van der Waals surface area (Å²) in [5.41, 5.74) is 0.206. The molecule has 1 atom stereocenters. The number of halogens is 1. The maximum absolute atomic E-state index is 12.7. The van der Waals surface area contributed by atoms with Crippen molar-refractivity contribution in [2.45, 2.75) is 62.6 Å². The Hall–Kier alpha value is -2.01. The molecule has 0 aliphatic carbocycles. The lowest BCUT2D eigenvalue weighted by Crippen LogP contribution is -2.32. The van der Waals surface area contributed by atoms with Gasteiger partial charge in [-0.15, -0.1) is 10.2 Å². The van der Waals surface area contributed by atoms with Crippen LogP contribution < -0.4 is 10.0 Å². The lowest BCUT2D eigenvalue weighted by atomic mass is 10.2. The second-order valence-corrected chi connectivity index (χ2v) is 9.95. The summed E-state index contributed by atoms with van der Waals surface area (Å²) in [7, 11) is -3.88. The number of carbonyl (C=O) groups excluding carboxylic acids is 1. The number of hydrogen-bond donors (Lipinski definition) is 2. The molecule has 1 aromatic heterocycles. The zero-order chi connectivity index (χ0) is 21.8. The molecule has 11 heteroatoms. The number of aryl methyl sites for hydroxylation is 1. The Balaban J connectivity index is 1.43. The van der Waals surface area contributed by atoms with Crippen LogP contribution in [-0.4, -0.2) is 48.3 Å². The molecule has 4 rings (SSSR count). The molecule has 2 aliphatic rings. The number of fused-ring (bicyclic) bond motifs is 1. The van der Waals surface area contributed by atoms with Gasteiger partial charge in [0.2, 0.25) is 10.0 Å². The van der Waals surface area contributed by atoms with Crippen molar-refractivity contribution in [3.8, 4) is 0 Å². The zero-order valence-electron chi connectivity index (χ0n) is 17.1. The highest BCUT2D eigenvalue weighted by atomic mass is 35.5. The molecule has 0 spiro atoms. The zero-order valence-corrected chi connectivity index (χ0v) is 18.7. The fourth-order valence-corrected chi connectivity index (χ4v) is 5.46. The van der Waals surface area contributed by atoms with Gasteiger partial charge in [0, 0.05) is 31.7 Å². The molecule has 0 saturated carbocycles. The number of amides is 1. The maximum atomic E-state index is 12.7. The number of hydrogen-bond acceptors (Lipinski definition) is 6. The van der Waals surface area contributed by atoms with E-state index in [-0.39, 0.29) is 34.7 Å². The van der Waals surface area contributed by atoms with Gasteiger partial charge in [-0.05, 0) is 43.9 Å². The van der Waals surface area contributed by atoms with Crippen LogP contribution in [0.2, 0.25) is 5.02 Å². The minimum absolute atomic E-state index is 0.0548. The number of ether oxygens (including phenoxy) is 1. The first-order valence-electron chi connectivity index (χ1n) is 10.5. The highest BCUT2D eigenvalue weighted by Gasteiger charge is 2.24. The summed E-state index contributed by atoms with van der Waals surface area (Å²) in [6.45, 7) is 1.87. The predicted molar refractivity (Wildman–Crippen MR) is 114 cm³/mol. The van der Waals surface area contributed by atoms with Gasteiger partial charge in [-0.2, -0.15) is 0 Å². The molecular weight excluding hydrogens is 442 g/mol. The quantitative estimate of drug-likeness (QED) is 0.643. The molecule has 1 amide bonds. The summed E-state index contributed by atoms with van der Waals surface area (Å²) in [6.07, 6.45) is 5.77. The van der Waals surface area contributed by atoms with E-state index >= 15 is 0 Å². The number of rotatable bonds is 7. The highest BCUT2D eigenvalue weighted by molar-refractivity contribution is 7.89. The minimum Gasteiger partial charge on any atom is -0.377 e. The Kier molecular flexibility index (Phi) is 6.90. The number of nitrogens with zero attached hydrogens (tertiary/aromatic N) is 3. The van der Waals surface area contributed by atoms with Gasteiger partial charge in [0.25, 0.3) is 5.91 Å². The standard InChI is InChI=1S/C20H26ClN5O4S/c21-16-8-7-14(11-17(16)31(28,29)23-12-15-5-4-10-30-15)20(27)22-13-19-25-24-18-6-2-1-3-9-26(18)19/h7-8,11,15,23H,1-6,9-10,12-13H2,(H,22,27). The molecule has 0 radical (unpaired) electrons. The third-order valence-electron chi connectivity index (χ3n) is 5.60. The van der Waals surface area contributed by atoms with E-state index in [9.17, 15) is 13.2 Å². The van der Waals surface area contributed by atoms with Crippen LogP contribution >= 0.6 is 11.6 Å². The van der Waals surface area contributed by atoms with E-state index in [2.05, 4.69) is 24.8 Å². The first-order chi connectivity index (χ1) is 14.9. The fraction of sp³-hybridized carbons (Fsp3) is 0.550. The normalized spacial score (nSPS) is 19.1. The summed E-state index contributed by atoms with van der Waals surface area (Å²) in [4.78, 5) is 12.6. The van der Waals surface area contributed by atoms with Crippen LogP contribution in [0.1, 0.15) is 54.1 Å². The molecule has 2 N–H and O–H groups in total. The minimum atomic E-state index is -3.88. The first-order valence-corrected chi connectivity index (χ1v) is 12.4. The molecule has 1 aromatic carbocycles. The van der Waals surface area contributed by atoms with E-state index in [1.54, 1.807) is 0 Å². The lowest BCUT2D eigenvalue weighted by Gasteiger charge is -2.13. The van der Waals surface area contributed by atoms with Crippen molar-refractivity contribution in [3.05, 3.63) is 40.4 Å². The van der Waals surface area contributed by atoms with E-state index in [0.29, 0.717) is 12.4 Å². The van der Waals surface area contributed by atoms with Crippen LogP contribution in [0.5, 0.6) is 0 Å². The van der Waals surface area contributed by atoms with Crippen LogP contribution in [0.3, 0.4) is 0 Å². The Labute approximate surface area is 186 Å². The molecule has 3 heterocycles. The van der Waals surface area contributed by atoms with Crippen molar-refractivity contribution in [2.75, 3.05) is 13.2 Å². The second-order valence-electron chi connectivity index (χ2n) is 7.81. The average molecular weight is 468 g/mol. The van der Waals surface area contributed by atoms with E-state index in [1.807, 2.05) is 0 Å². The van der Waals surface area contributed by atoms with Crippen LogP contribution in [0.4, 0.5) is 0 Å². The summed E-state index contributed by atoms with van der Waals surface area (Å²) in [5, 5.41) is 11.3. The topological polar surface area (TPSA) is 115 Å². The van der Waals surface area contributed by atoms with Crippen molar-refractivity contribution >= 4 is 27.5 Å². The maximum Gasteiger partial charge on any atom is 0.251 e. The van der Waals surface area contributed by atoms with Gasteiger partial charge in [0.1, 0.15) is 10.7 Å². The van der Waals surface area contributed by atoms with Gasteiger partial charge in [-0.3, -0.25) is 4.79 Å². The summed E-state index contributed by atoms with van der Waals surface area (Å²) >= 11 is 6.13. The van der Waals surface area contributed by atoms with E-state index in [0.717, 1.165) is 50.9 Å². The van der Waals surface area contributed by atoms with E-state index < -0.39 is 15.9 Å². The summed E-state index contributed by atoms with van der Waals surface area (Å²) in [5.74, 6) is 1.24. The Morgan fingerprint density at radius 3 is 2.90 bits per heavy atom. The van der Waals surface area contributed by atoms with Crippen LogP contribution in [0.25, 0.3) is 0 Å². The monoisotopic (exact) mass is 467 g/mol.